The van der Waals surface area contributed by atoms with Crippen LogP contribution in [-0.2, 0) is 11.3 Å². The van der Waals surface area contributed by atoms with Crippen molar-refractivity contribution < 1.29 is 4.74 Å². The molecule has 0 spiro atoms. The first-order chi connectivity index (χ1) is 9.66. The van der Waals surface area contributed by atoms with E-state index in [1.165, 1.54) is 24.0 Å². The molecule has 0 amide bonds. The third-order valence-electron chi connectivity index (χ3n) is 4.27. The molecule has 0 radical (unpaired) electrons. The van der Waals surface area contributed by atoms with Crippen molar-refractivity contribution in [3.63, 3.8) is 0 Å². The van der Waals surface area contributed by atoms with Gasteiger partial charge in [-0.25, -0.2) is 0 Å². The largest absolute Gasteiger partial charge is 0.377 e. The van der Waals surface area contributed by atoms with E-state index in [2.05, 4.69) is 55.4 Å². The highest BCUT2D eigenvalue weighted by Gasteiger charge is 2.16. The number of benzene rings is 1. The Morgan fingerprint density at radius 3 is 2.90 bits per heavy atom. The van der Waals surface area contributed by atoms with E-state index in [0.29, 0.717) is 12.1 Å². The molecule has 2 atom stereocenters. The molecule has 1 aromatic rings. The van der Waals surface area contributed by atoms with Crippen molar-refractivity contribution in [3.8, 4) is 0 Å². The van der Waals surface area contributed by atoms with Gasteiger partial charge in [0, 0.05) is 32.3 Å². The highest BCUT2D eigenvalue weighted by Crippen LogP contribution is 2.12. The Morgan fingerprint density at radius 1 is 1.40 bits per heavy atom. The van der Waals surface area contributed by atoms with Crippen molar-refractivity contribution in [1.82, 2.24) is 10.2 Å². The molecule has 0 saturated carbocycles. The molecule has 0 aromatic heterocycles. The average Bonchev–Trinajstić information content (AvgIpc) is 2.94. The minimum absolute atomic E-state index is 0.434. The van der Waals surface area contributed by atoms with Gasteiger partial charge in [-0.15, -0.1) is 0 Å². The van der Waals surface area contributed by atoms with Crippen LogP contribution >= 0.6 is 0 Å². The van der Waals surface area contributed by atoms with Crippen LogP contribution in [0.5, 0.6) is 0 Å². The van der Waals surface area contributed by atoms with Gasteiger partial charge in [-0.2, -0.15) is 0 Å². The molecule has 3 nitrogen and oxygen atoms in total. The van der Waals surface area contributed by atoms with Crippen LogP contribution in [-0.4, -0.2) is 43.8 Å². The topological polar surface area (TPSA) is 24.5 Å². The Hall–Kier alpha value is -0.900. The zero-order valence-corrected chi connectivity index (χ0v) is 13.1. The van der Waals surface area contributed by atoms with Gasteiger partial charge in [0.2, 0.25) is 0 Å². The zero-order chi connectivity index (χ0) is 14.4. The molecule has 1 fully saturated rings. The molecule has 2 rings (SSSR count). The Balaban J connectivity index is 1.71. The van der Waals surface area contributed by atoms with Gasteiger partial charge in [-0.3, -0.25) is 4.90 Å². The van der Waals surface area contributed by atoms with E-state index >= 15 is 0 Å². The Labute approximate surface area is 123 Å². The molecule has 112 valence electrons. The molecule has 0 aliphatic carbocycles. The lowest BCUT2D eigenvalue weighted by Crippen LogP contribution is -2.40. The van der Waals surface area contributed by atoms with Crippen LogP contribution < -0.4 is 5.32 Å². The number of likely N-dealkylation sites (N-methyl/N-ethyl adjacent to an activating group) is 1. The van der Waals surface area contributed by atoms with Gasteiger partial charge in [0.05, 0.1) is 6.10 Å². The van der Waals surface area contributed by atoms with Crippen molar-refractivity contribution in [2.75, 3.05) is 26.7 Å². The summed E-state index contributed by atoms with van der Waals surface area (Å²) in [6.45, 7) is 8.42. The van der Waals surface area contributed by atoms with Gasteiger partial charge in [0.15, 0.2) is 0 Å². The smallest absolute Gasteiger partial charge is 0.0700 e. The monoisotopic (exact) mass is 276 g/mol. The Kier molecular flexibility index (Phi) is 6.02. The lowest BCUT2D eigenvalue weighted by Gasteiger charge is -2.26. The fourth-order valence-corrected chi connectivity index (χ4v) is 2.63. The summed E-state index contributed by atoms with van der Waals surface area (Å²) in [5.41, 5.74) is 2.79. The zero-order valence-electron chi connectivity index (χ0n) is 13.1. The van der Waals surface area contributed by atoms with Crippen molar-refractivity contribution in [2.24, 2.45) is 0 Å². The van der Waals surface area contributed by atoms with Crippen LogP contribution in [0.15, 0.2) is 24.3 Å². The van der Waals surface area contributed by atoms with Gasteiger partial charge in [0.25, 0.3) is 0 Å². The van der Waals surface area contributed by atoms with Crippen LogP contribution in [0.4, 0.5) is 0 Å². The SMILES string of the molecule is Cc1ccccc1CN(C)C(C)CNCC1CCCO1. The predicted molar refractivity (Wildman–Crippen MR) is 84.0 cm³/mol. The minimum atomic E-state index is 0.434. The molecule has 1 saturated heterocycles. The summed E-state index contributed by atoms with van der Waals surface area (Å²) in [4.78, 5) is 2.41. The molecule has 20 heavy (non-hydrogen) atoms. The summed E-state index contributed by atoms with van der Waals surface area (Å²) in [7, 11) is 2.20. The molecular formula is C17H28N2O. The minimum Gasteiger partial charge on any atom is -0.377 e. The standard InChI is InChI=1S/C17H28N2O/c1-14-7-4-5-8-16(14)13-19(3)15(2)11-18-12-17-9-6-10-20-17/h4-5,7-8,15,17-18H,6,9-13H2,1-3H3. The third-order valence-corrected chi connectivity index (χ3v) is 4.27. The molecular weight excluding hydrogens is 248 g/mol. The quantitative estimate of drug-likeness (QED) is 0.828. The molecule has 1 aromatic carbocycles. The molecule has 0 bridgehead atoms. The van der Waals surface area contributed by atoms with Crippen LogP contribution in [0.2, 0.25) is 0 Å². The van der Waals surface area contributed by atoms with Gasteiger partial charge < -0.3 is 10.1 Å². The third kappa shape index (κ3) is 4.58. The predicted octanol–water partition coefficient (Wildman–Crippen LogP) is 2.58. The summed E-state index contributed by atoms with van der Waals surface area (Å²) in [6, 6.07) is 9.15. The van der Waals surface area contributed by atoms with Gasteiger partial charge >= 0.3 is 0 Å². The number of rotatable bonds is 7. The van der Waals surface area contributed by atoms with Crippen LogP contribution in [0.1, 0.15) is 30.9 Å². The van der Waals surface area contributed by atoms with Crippen LogP contribution in [0.25, 0.3) is 0 Å². The van der Waals surface area contributed by atoms with E-state index in [1.807, 2.05) is 0 Å². The van der Waals surface area contributed by atoms with Crippen molar-refractivity contribution >= 4 is 0 Å². The van der Waals surface area contributed by atoms with Crippen molar-refractivity contribution in [1.29, 1.82) is 0 Å². The maximum atomic E-state index is 5.63. The number of ether oxygens (including phenoxy) is 1. The molecule has 1 N–H and O–H groups in total. The van der Waals surface area contributed by atoms with Crippen LogP contribution in [0, 0.1) is 6.92 Å². The second-order valence-electron chi connectivity index (χ2n) is 5.98. The van der Waals surface area contributed by atoms with Gasteiger partial charge in [-0.05, 0) is 44.9 Å². The fraction of sp³-hybridized carbons (Fsp3) is 0.647. The summed E-state index contributed by atoms with van der Waals surface area (Å²) in [5, 5.41) is 3.54. The summed E-state index contributed by atoms with van der Waals surface area (Å²) in [5.74, 6) is 0. The summed E-state index contributed by atoms with van der Waals surface area (Å²) >= 11 is 0. The van der Waals surface area contributed by atoms with Crippen LogP contribution in [0.3, 0.4) is 0 Å². The van der Waals surface area contributed by atoms with E-state index in [0.717, 1.165) is 26.2 Å². The van der Waals surface area contributed by atoms with Crippen molar-refractivity contribution in [2.45, 2.75) is 45.4 Å². The molecule has 2 unspecified atom stereocenters. The van der Waals surface area contributed by atoms with E-state index in [4.69, 9.17) is 4.74 Å². The maximum absolute atomic E-state index is 5.63. The normalized spacial score (nSPS) is 20.5. The van der Waals surface area contributed by atoms with E-state index in [-0.39, 0.29) is 0 Å². The first-order valence-electron chi connectivity index (χ1n) is 7.74. The molecule has 1 heterocycles. The first-order valence-corrected chi connectivity index (χ1v) is 7.74. The highest BCUT2D eigenvalue weighted by molar-refractivity contribution is 5.25. The van der Waals surface area contributed by atoms with Gasteiger partial charge in [0.1, 0.15) is 0 Å². The van der Waals surface area contributed by atoms with E-state index in [1.54, 1.807) is 0 Å². The molecule has 1 aliphatic rings. The highest BCUT2D eigenvalue weighted by atomic mass is 16.5. The van der Waals surface area contributed by atoms with E-state index in [9.17, 15) is 0 Å². The second kappa shape index (κ2) is 7.77. The fourth-order valence-electron chi connectivity index (χ4n) is 2.63. The molecule has 1 aliphatic heterocycles. The van der Waals surface area contributed by atoms with E-state index < -0.39 is 0 Å². The lowest BCUT2D eigenvalue weighted by molar-refractivity contribution is 0.108. The molecule has 3 heteroatoms. The number of nitrogens with one attached hydrogen (secondary N) is 1. The average molecular weight is 276 g/mol. The number of hydrogen-bond acceptors (Lipinski definition) is 3. The number of hydrogen-bond donors (Lipinski definition) is 1. The maximum Gasteiger partial charge on any atom is 0.0700 e. The first kappa shape index (κ1) is 15.5. The lowest BCUT2D eigenvalue weighted by atomic mass is 10.1. The summed E-state index contributed by atoms with van der Waals surface area (Å²) < 4.78 is 5.63. The summed E-state index contributed by atoms with van der Waals surface area (Å²) in [6.07, 6.45) is 2.86. The van der Waals surface area contributed by atoms with Crippen molar-refractivity contribution in [3.05, 3.63) is 35.4 Å². The number of aryl methyl sites for hydroxylation is 1. The Morgan fingerprint density at radius 2 is 2.20 bits per heavy atom. The number of nitrogens with zero attached hydrogens (tertiary/aromatic N) is 1. The Bertz CT molecular complexity index is 402. The second-order valence-corrected chi connectivity index (χ2v) is 5.98. The van der Waals surface area contributed by atoms with Gasteiger partial charge in [-0.1, -0.05) is 24.3 Å².